The lowest BCUT2D eigenvalue weighted by Crippen LogP contribution is -2.42. The maximum absolute atomic E-state index is 12.4. The van der Waals surface area contributed by atoms with Crippen LogP contribution in [0.15, 0.2) is 109 Å². The summed E-state index contributed by atoms with van der Waals surface area (Å²) in [5.74, 6) is 0.483. The van der Waals surface area contributed by atoms with Gasteiger partial charge in [-0.25, -0.2) is 0 Å². The molecule has 6 N–H and O–H groups in total. The molecule has 3 heterocycles. The number of benzene rings is 4. The van der Waals surface area contributed by atoms with Gasteiger partial charge in [0.1, 0.15) is 11.5 Å². The van der Waals surface area contributed by atoms with Crippen molar-refractivity contribution in [1.29, 1.82) is 0 Å². The SMILES string of the molecule is CC(=O)c1ccc(NC(=O)CN2CCC(Nc3cccc(O)c3)CC2)cc1.O=C(CN1CCC(Nc2cccc(O)c2)CC1)Nc1ccc2ncccc2c1. The highest BCUT2D eigenvalue weighted by Gasteiger charge is 2.22. The minimum Gasteiger partial charge on any atom is -0.508 e. The van der Waals surface area contributed by atoms with Gasteiger partial charge in [0.25, 0.3) is 0 Å². The van der Waals surface area contributed by atoms with E-state index in [0.29, 0.717) is 36.4 Å². The van der Waals surface area contributed by atoms with Gasteiger partial charge in [-0.15, -0.1) is 0 Å². The smallest absolute Gasteiger partial charge is 0.238 e. The number of aromatic hydroxyl groups is 2. The quantitative estimate of drug-likeness (QED) is 0.0818. The van der Waals surface area contributed by atoms with Crippen LogP contribution in [0.3, 0.4) is 0 Å². The summed E-state index contributed by atoms with van der Waals surface area (Å²) in [7, 11) is 0. The second kappa shape index (κ2) is 18.9. The third-order valence-electron chi connectivity index (χ3n) is 9.81. The molecule has 0 radical (unpaired) electrons. The van der Waals surface area contributed by atoms with Crippen molar-refractivity contribution in [3.05, 3.63) is 115 Å². The number of nitrogens with one attached hydrogen (secondary N) is 4. The molecule has 2 amide bonds. The predicted octanol–water partition coefficient (Wildman–Crippen LogP) is 6.57. The Balaban J connectivity index is 0.000000187. The Morgan fingerprint density at radius 2 is 1.13 bits per heavy atom. The van der Waals surface area contributed by atoms with Crippen LogP contribution in [0.25, 0.3) is 10.9 Å². The molecule has 4 aromatic carbocycles. The van der Waals surface area contributed by atoms with E-state index in [9.17, 15) is 24.6 Å². The fraction of sp³-hybridized carbons (Fsp3) is 0.302. The van der Waals surface area contributed by atoms with Gasteiger partial charge in [0, 0.05) is 90.3 Å². The van der Waals surface area contributed by atoms with Crippen LogP contribution < -0.4 is 21.3 Å². The van der Waals surface area contributed by atoms with Crippen LogP contribution >= 0.6 is 0 Å². The Morgan fingerprint density at radius 1 is 0.618 bits per heavy atom. The minimum atomic E-state index is -0.0510. The van der Waals surface area contributed by atoms with Crippen molar-refractivity contribution in [1.82, 2.24) is 14.8 Å². The number of hydrogen-bond donors (Lipinski definition) is 6. The number of aromatic nitrogens is 1. The highest BCUT2D eigenvalue weighted by molar-refractivity contribution is 5.96. The highest BCUT2D eigenvalue weighted by atomic mass is 16.3. The van der Waals surface area contributed by atoms with Crippen molar-refractivity contribution in [3.63, 3.8) is 0 Å². The summed E-state index contributed by atoms with van der Waals surface area (Å²) in [5.41, 5.74) is 4.90. The molecule has 0 bridgehead atoms. The molecule has 0 aliphatic carbocycles. The van der Waals surface area contributed by atoms with Crippen molar-refractivity contribution in [2.24, 2.45) is 0 Å². The van der Waals surface area contributed by atoms with E-state index in [2.05, 4.69) is 36.1 Å². The normalized spacial score (nSPS) is 15.4. The molecule has 2 aliphatic heterocycles. The molecule has 0 unspecified atom stereocenters. The van der Waals surface area contributed by atoms with Gasteiger partial charge in [0.15, 0.2) is 5.78 Å². The van der Waals surface area contributed by atoms with Crippen molar-refractivity contribution < 1.29 is 24.6 Å². The largest absolute Gasteiger partial charge is 0.508 e. The van der Waals surface area contributed by atoms with Gasteiger partial charge in [0.05, 0.1) is 18.6 Å². The number of phenols is 2. The molecule has 2 fully saturated rings. The lowest BCUT2D eigenvalue weighted by molar-refractivity contribution is -0.118. The van der Waals surface area contributed by atoms with Crippen molar-refractivity contribution in [3.8, 4) is 11.5 Å². The Hall–Kier alpha value is -5.98. The molecule has 0 saturated carbocycles. The Kier molecular flexibility index (Phi) is 13.3. The summed E-state index contributed by atoms with van der Waals surface area (Å²) in [6.07, 6.45) is 5.57. The van der Waals surface area contributed by atoms with E-state index < -0.39 is 0 Å². The molecule has 12 heteroatoms. The molecule has 2 saturated heterocycles. The van der Waals surface area contributed by atoms with E-state index in [4.69, 9.17) is 0 Å². The third kappa shape index (κ3) is 12.0. The van der Waals surface area contributed by atoms with Crippen LogP contribution in [0, 0.1) is 0 Å². The zero-order chi connectivity index (χ0) is 38.6. The summed E-state index contributed by atoms with van der Waals surface area (Å²) >= 11 is 0. The van der Waals surface area contributed by atoms with Gasteiger partial charge < -0.3 is 31.5 Å². The first kappa shape index (κ1) is 38.7. The van der Waals surface area contributed by atoms with E-state index in [1.807, 2.05) is 54.6 Å². The molecular formula is C43H49N7O5. The van der Waals surface area contributed by atoms with Gasteiger partial charge in [-0.3, -0.25) is 29.2 Å². The molecule has 0 spiro atoms. The molecule has 12 nitrogen and oxygen atoms in total. The molecular weight excluding hydrogens is 695 g/mol. The maximum Gasteiger partial charge on any atom is 0.238 e. The van der Waals surface area contributed by atoms with E-state index in [1.165, 1.54) is 6.92 Å². The summed E-state index contributed by atoms with van der Waals surface area (Å²) in [6, 6.07) is 31.6. The van der Waals surface area contributed by atoms with E-state index in [1.54, 1.807) is 54.7 Å². The topological polar surface area (TPSA) is 159 Å². The number of likely N-dealkylation sites (tertiary alicyclic amines) is 2. The zero-order valence-corrected chi connectivity index (χ0v) is 31.1. The summed E-state index contributed by atoms with van der Waals surface area (Å²) in [6.45, 7) is 5.68. The fourth-order valence-electron chi connectivity index (χ4n) is 6.88. The van der Waals surface area contributed by atoms with Crippen molar-refractivity contribution >= 4 is 51.3 Å². The molecule has 55 heavy (non-hydrogen) atoms. The van der Waals surface area contributed by atoms with Crippen LogP contribution in [0.1, 0.15) is 43.0 Å². The van der Waals surface area contributed by atoms with Gasteiger partial charge in [-0.1, -0.05) is 18.2 Å². The van der Waals surface area contributed by atoms with Crippen LogP contribution in [-0.2, 0) is 9.59 Å². The number of Topliss-reactive ketones (excluding diaryl/α,β-unsaturated/α-hetero) is 1. The Morgan fingerprint density at radius 3 is 1.64 bits per heavy atom. The number of nitrogens with zero attached hydrogens (tertiary/aromatic N) is 3. The minimum absolute atomic E-state index is 0.00244. The predicted molar refractivity (Wildman–Crippen MR) is 218 cm³/mol. The van der Waals surface area contributed by atoms with Crippen LogP contribution in [-0.4, -0.2) is 93.9 Å². The molecule has 2 aliphatic rings. The molecule has 7 rings (SSSR count). The Labute approximate surface area is 321 Å². The first-order valence-electron chi connectivity index (χ1n) is 18.8. The second-order valence-electron chi connectivity index (χ2n) is 14.1. The number of hydrogen-bond acceptors (Lipinski definition) is 10. The van der Waals surface area contributed by atoms with Crippen LogP contribution in [0.4, 0.5) is 22.7 Å². The number of piperidine rings is 2. The molecule has 286 valence electrons. The van der Waals surface area contributed by atoms with Crippen LogP contribution in [0.5, 0.6) is 11.5 Å². The fourth-order valence-corrected chi connectivity index (χ4v) is 6.88. The molecule has 5 aromatic rings. The number of carbonyl (C=O) groups is 3. The van der Waals surface area contributed by atoms with Crippen LogP contribution in [0.2, 0.25) is 0 Å². The lowest BCUT2D eigenvalue weighted by atomic mass is 10.0. The highest BCUT2D eigenvalue weighted by Crippen LogP contribution is 2.22. The second-order valence-corrected chi connectivity index (χ2v) is 14.1. The average Bonchev–Trinajstić information content (AvgIpc) is 3.17. The Bertz CT molecular complexity index is 2060. The number of fused-ring (bicyclic) bond motifs is 1. The number of phenolic OH excluding ortho intramolecular Hbond substituents is 2. The van der Waals surface area contributed by atoms with E-state index in [0.717, 1.165) is 79.8 Å². The number of amides is 2. The number of anilines is 4. The van der Waals surface area contributed by atoms with Gasteiger partial charge >= 0.3 is 0 Å². The number of carbonyl (C=O) groups excluding carboxylic acids is 3. The molecule has 0 atom stereocenters. The van der Waals surface area contributed by atoms with E-state index in [-0.39, 0.29) is 29.1 Å². The third-order valence-corrected chi connectivity index (χ3v) is 9.81. The standard InChI is InChI=1S/C22H24N4O2.C21H25N3O3/c27-20-5-1-4-18(14-20)24-17-8-11-26(12-9-17)15-22(28)25-19-6-7-21-16(13-19)3-2-10-23-21;1-15(25)16-5-7-17(8-6-16)23-21(27)14-24-11-9-18(10-12-24)22-19-3-2-4-20(26)13-19/h1-7,10,13-14,17,24,27H,8-9,11-12,15H2,(H,25,28);2-8,13,18,22,26H,9-12,14H2,1H3,(H,23,27). The number of pyridine rings is 1. The molecule has 1 aromatic heterocycles. The first-order valence-corrected chi connectivity index (χ1v) is 18.8. The lowest BCUT2D eigenvalue weighted by Gasteiger charge is -2.32. The van der Waals surface area contributed by atoms with E-state index >= 15 is 0 Å². The average molecular weight is 744 g/mol. The van der Waals surface area contributed by atoms with Gasteiger partial charge in [-0.05, 0) is 105 Å². The first-order chi connectivity index (χ1) is 26.6. The number of rotatable bonds is 11. The van der Waals surface area contributed by atoms with Crippen molar-refractivity contribution in [2.75, 3.05) is 60.5 Å². The monoisotopic (exact) mass is 743 g/mol. The van der Waals surface area contributed by atoms with Gasteiger partial charge in [-0.2, -0.15) is 0 Å². The summed E-state index contributed by atoms with van der Waals surface area (Å²) < 4.78 is 0. The van der Waals surface area contributed by atoms with Gasteiger partial charge in [0.2, 0.25) is 11.8 Å². The summed E-state index contributed by atoms with van der Waals surface area (Å²) in [4.78, 5) is 44.6. The maximum atomic E-state index is 12.4. The number of ketones is 1. The summed E-state index contributed by atoms with van der Waals surface area (Å²) in [5, 5.41) is 32.9. The zero-order valence-electron chi connectivity index (χ0n) is 31.1. The van der Waals surface area contributed by atoms with Crippen molar-refractivity contribution in [2.45, 2.75) is 44.7 Å².